The SMILES string of the molecule is COC(=O)C1CCN(C2=C(C(C)NC(=O)c3c(NC(=O)OC(C)(C)C)nn4cccnc34)C=C(Cl)C3C=[N+](COCC[Si](C)(C)C)N=C23)C1. The number of hydrazone groups is 1. The van der Waals surface area contributed by atoms with Crippen LogP contribution in [0.1, 0.15) is 44.5 Å². The summed E-state index contributed by atoms with van der Waals surface area (Å²) in [6, 6.07) is 2.11. The lowest BCUT2D eigenvalue weighted by molar-refractivity contribution is -0.567. The number of allylic oxidation sites excluding steroid dienone is 2. The monoisotopic (exact) mass is 713 g/mol. The first-order valence-electron chi connectivity index (χ1n) is 16.4. The van der Waals surface area contributed by atoms with Gasteiger partial charge >= 0.3 is 12.1 Å². The molecule has 3 unspecified atom stereocenters. The molecule has 14 nitrogen and oxygen atoms in total. The Balaban J connectivity index is 1.46. The van der Waals surface area contributed by atoms with Crippen molar-refractivity contribution in [3.8, 4) is 0 Å². The van der Waals surface area contributed by atoms with Crippen LogP contribution in [0.2, 0.25) is 25.7 Å². The van der Waals surface area contributed by atoms with Crippen LogP contribution in [0.15, 0.2) is 45.9 Å². The number of likely N-dealkylation sites (tertiary alicyclic amines) is 1. The minimum absolute atomic E-state index is 0.00383. The minimum atomic E-state index is -1.26. The molecule has 264 valence electrons. The van der Waals surface area contributed by atoms with Gasteiger partial charge in [0.15, 0.2) is 17.7 Å². The first-order valence-corrected chi connectivity index (χ1v) is 20.5. The number of nitrogens with zero attached hydrogens (tertiary/aromatic N) is 6. The van der Waals surface area contributed by atoms with Crippen molar-refractivity contribution in [3.05, 3.63) is 46.4 Å². The second-order valence-corrected chi connectivity index (χ2v) is 20.7. The van der Waals surface area contributed by atoms with E-state index >= 15 is 0 Å². The van der Waals surface area contributed by atoms with E-state index in [1.54, 1.807) is 43.9 Å². The Morgan fingerprint density at radius 2 is 1.98 bits per heavy atom. The second kappa shape index (κ2) is 14.4. The molecule has 2 N–H and O–H groups in total. The zero-order valence-electron chi connectivity index (χ0n) is 29.4. The average molecular weight is 714 g/mol. The van der Waals surface area contributed by atoms with Crippen LogP contribution >= 0.6 is 11.6 Å². The molecule has 1 fully saturated rings. The van der Waals surface area contributed by atoms with Gasteiger partial charge in [-0.05, 0) is 52.3 Å². The number of methoxy groups -OCH3 is 1. The molecule has 2 aromatic heterocycles. The number of hydrogen-bond donors (Lipinski definition) is 2. The van der Waals surface area contributed by atoms with Gasteiger partial charge in [0.05, 0.1) is 31.4 Å². The second-order valence-electron chi connectivity index (χ2n) is 14.6. The van der Waals surface area contributed by atoms with Gasteiger partial charge in [-0.2, -0.15) is 0 Å². The van der Waals surface area contributed by atoms with Crippen LogP contribution in [0, 0.1) is 11.8 Å². The Morgan fingerprint density at radius 3 is 2.67 bits per heavy atom. The highest BCUT2D eigenvalue weighted by Crippen LogP contribution is 2.37. The summed E-state index contributed by atoms with van der Waals surface area (Å²) in [7, 11) is 0.134. The summed E-state index contributed by atoms with van der Waals surface area (Å²) in [5, 5.41) is 15.5. The number of rotatable bonds is 11. The third kappa shape index (κ3) is 8.56. The molecule has 1 saturated heterocycles. The van der Waals surface area contributed by atoms with E-state index in [9.17, 15) is 14.4 Å². The van der Waals surface area contributed by atoms with Crippen LogP contribution in [0.3, 0.4) is 0 Å². The van der Waals surface area contributed by atoms with Crippen molar-refractivity contribution in [1.29, 1.82) is 0 Å². The van der Waals surface area contributed by atoms with Gasteiger partial charge in [-0.25, -0.2) is 14.3 Å². The van der Waals surface area contributed by atoms with Gasteiger partial charge in [-0.1, -0.05) is 35.9 Å². The highest BCUT2D eigenvalue weighted by Gasteiger charge is 2.43. The predicted octanol–water partition coefficient (Wildman–Crippen LogP) is 4.46. The Kier molecular flexibility index (Phi) is 10.6. The lowest BCUT2D eigenvalue weighted by atomic mass is 9.88. The van der Waals surface area contributed by atoms with Crippen LogP contribution < -0.4 is 10.6 Å². The number of fused-ring (bicyclic) bond motifs is 2. The van der Waals surface area contributed by atoms with Crippen molar-refractivity contribution in [3.63, 3.8) is 0 Å². The van der Waals surface area contributed by atoms with E-state index in [1.807, 2.05) is 19.2 Å². The first-order chi connectivity index (χ1) is 23.0. The summed E-state index contributed by atoms with van der Waals surface area (Å²) in [5.41, 5.74) is 1.80. The van der Waals surface area contributed by atoms with Gasteiger partial charge in [-0.3, -0.25) is 14.9 Å². The third-order valence-electron chi connectivity index (χ3n) is 8.27. The van der Waals surface area contributed by atoms with Gasteiger partial charge < -0.3 is 24.4 Å². The minimum Gasteiger partial charge on any atom is -0.469 e. The number of ether oxygens (including phenoxy) is 3. The number of amides is 2. The summed E-state index contributed by atoms with van der Waals surface area (Å²) in [5.74, 6) is -1.40. The van der Waals surface area contributed by atoms with Crippen molar-refractivity contribution < 1.29 is 33.3 Å². The normalized spacial score (nSPS) is 20.0. The topological polar surface area (TPSA) is 152 Å². The maximum Gasteiger partial charge on any atom is 0.413 e. The Morgan fingerprint density at radius 1 is 1.22 bits per heavy atom. The molecule has 16 heteroatoms. The molecule has 5 rings (SSSR count). The Hall–Kier alpha value is -4.08. The molecule has 49 heavy (non-hydrogen) atoms. The molecule has 4 heterocycles. The maximum atomic E-state index is 14.0. The standard InChI is InChI=1S/C33H45ClN8O6Si/c1-20(36-30(43)25-28(37-32(45)48-33(2,3)4)39-42-12-9-11-35-29(25)42)22-16-24(34)23-18-41(19-47-14-15-49(6,7)8)38-26(23)27(22)40-13-10-21(17-40)31(44)46-5/h9,11-12,16,18,20-21,23H,10,13-15,17,19H2,1-8H3,(H-,36,37,39,43,45)/p+1. The largest absolute Gasteiger partial charge is 0.469 e. The molecule has 0 bridgehead atoms. The number of esters is 1. The molecule has 3 aliphatic rings. The fraction of sp³-hybridized carbons (Fsp3) is 0.545. The van der Waals surface area contributed by atoms with Crippen LogP contribution in [0.5, 0.6) is 0 Å². The molecule has 1 aliphatic carbocycles. The van der Waals surface area contributed by atoms with E-state index in [0.29, 0.717) is 36.9 Å². The third-order valence-corrected chi connectivity index (χ3v) is 10.3. The average Bonchev–Trinajstić information content (AvgIpc) is 3.74. The van der Waals surface area contributed by atoms with E-state index in [-0.39, 0.29) is 41.6 Å². The molecule has 0 saturated carbocycles. The predicted molar refractivity (Wildman–Crippen MR) is 189 cm³/mol. The van der Waals surface area contributed by atoms with E-state index < -0.39 is 31.7 Å². The molecule has 2 aromatic rings. The van der Waals surface area contributed by atoms with Gasteiger partial charge in [0, 0.05) is 49.3 Å². The quantitative estimate of drug-likeness (QED) is 0.149. The van der Waals surface area contributed by atoms with Crippen LogP contribution in [-0.4, -0.2) is 107 Å². The Labute approximate surface area is 292 Å². The van der Waals surface area contributed by atoms with E-state index in [4.69, 9.17) is 30.9 Å². The van der Waals surface area contributed by atoms with Gasteiger partial charge in [0.25, 0.3) is 12.6 Å². The molecular formula is C33H46ClN8O6Si+. The van der Waals surface area contributed by atoms with Crippen molar-refractivity contribution in [1.82, 2.24) is 24.8 Å². The summed E-state index contributed by atoms with van der Waals surface area (Å²) < 4.78 is 19.6. The van der Waals surface area contributed by atoms with Crippen molar-refractivity contribution in [2.45, 2.75) is 71.4 Å². The summed E-state index contributed by atoms with van der Waals surface area (Å²) in [4.78, 5) is 45.7. The van der Waals surface area contributed by atoms with Crippen molar-refractivity contribution >= 4 is 61.0 Å². The maximum absolute atomic E-state index is 14.0. The van der Waals surface area contributed by atoms with Gasteiger partial charge in [-0.15, -0.1) is 5.10 Å². The number of hydrogen-bond acceptors (Lipinski definition) is 10. The van der Waals surface area contributed by atoms with Crippen LogP contribution in [0.25, 0.3) is 5.65 Å². The molecule has 2 aliphatic heterocycles. The zero-order valence-corrected chi connectivity index (χ0v) is 31.1. The number of carbonyl (C=O) groups is 3. The fourth-order valence-electron chi connectivity index (χ4n) is 5.86. The molecule has 0 aromatic carbocycles. The first kappa shape index (κ1) is 36.2. The number of aromatic nitrogens is 3. The lowest BCUT2D eigenvalue weighted by Gasteiger charge is -2.31. The number of anilines is 1. The van der Waals surface area contributed by atoms with E-state index in [1.165, 1.54) is 11.6 Å². The van der Waals surface area contributed by atoms with Gasteiger partial charge in [0.1, 0.15) is 22.8 Å². The molecule has 3 atom stereocenters. The summed E-state index contributed by atoms with van der Waals surface area (Å²) in [6.07, 6.45) is 6.83. The molecular weight excluding hydrogens is 668 g/mol. The van der Waals surface area contributed by atoms with Crippen LogP contribution in [0.4, 0.5) is 10.6 Å². The molecule has 2 amide bonds. The summed E-state index contributed by atoms with van der Waals surface area (Å²) >= 11 is 6.93. The number of nitrogens with one attached hydrogen (secondary N) is 2. The number of carbonyl (C=O) groups excluding carboxylic acids is 3. The van der Waals surface area contributed by atoms with Crippen molar-refractivity contribution in [2.75, 3.05) is 38.9 Å². The van der Waals surface area contributed by atoms with Crippen LogP contribution in [-0.2, 0) is 19.0 Å². The van der Waals surface area contributed by atoms with Crippen molar-refractivity contribution in [2.24, 2.45) is 16.9 Å². The Bertz CT molecular complexity index is 1750. The highest BCUT2D eigenvalue weighted by atomic mass is 35.5. The lowest BCUT2D eigenvalue weighted by Crippen LogP contribution is -2.40. The summed E-state index contributed by atoms with van der Waals surface area (Å²) in [6.45, 7) is 15.9. The van der Waals surface area contributed by atoms with E-state index in [0.717, 1.165) is 17.3 Å². The smallest absolute Gasteiger partial charge is 0.413 e. The fourth-order valence-corrected chi connectivity index (χ4v) is 6.90. The van der Waals surface area contributed by atoms with E-state index in [2.05, 4.69) is 45.3 Å². The zero-order chi connectivity index (χ0) is 35.7. The molecule has 0 radical (unpaired) electrons. The number of halogens is 1. The highest BCUT2D eigenvalue weighted by molar-refractivity contribution is 6.76. The molecule has 0 spiro atoms. The van der Waals surface area contributed by atoms with Gasteiger partial charge in [0.2, 0.25) is 0 Å².